The average molecular weight is 266 g/mol. The van der Waals surface area contributed by atoms with E-state index in [1.54, 1.807) is 6.92 Å². The Balaban J connectivity index is 2.76. The lowest BCUT2D eigenvalue weighted by molar-refractivity contribution is 0.0605. The molecule has 2 rings (SSSR count). The highest BCUT2D eigenvalue weighted by Gasteiger charge is 2.20. The van der Waals surface area contributed by atoms with Crippen molar-refractivity contribution in [3.63, 3.8) is 0 Å². The number of carbonyl (C=O) groups excluding carboxylic acids is 1. The summed E-state index contributed by atoms with van der Waals surface area (Å²) in [4.78, 5) is 31.7. The highest BCUT2D eigenvalue weighted by Crippen LogP contribution is 2.28. The maximum absolute atomic E-state index is 12.0. The lowest BCUT2D eigenvalue weighted by Crippen LogP contribution is -2.12. The van der Waals surface area contributed by atoms with Crippen molar-refractivity contribution in [1.29, 1.82) is 0 Å². The third-order valence-electron chi connectivity index (χ3n) is 2.74. The van der Waals surface area contributed by atoms with Gasteiger partial charge in [0, 0.05) is 5.92 Å². The van der Waals surface area contributed by atoms with E-state index in [1.165, 1.54) is 18.4 Å². The first-order valence-corrected chi connectivity index (χ1v) is 6.39. The zero-order valence-corrected chi connectivity index (χ0v) is 11.5. The Kier molecular flexibility index (Phi) is 3.21. The molecule has 0 saturated carbocycles. The summed E-state index contributed by atoms with van der Waals surface area (Å²) in [6.07, 6.45) is 0. The van der Waals surface area contributed by atoms with Crippen LogP contribution in [0, 0.1) is 6.92 Å². The number of methoxy groups -OCH3 is 1. The molecule has 1 N–H and O–H groups in total. The van der Waals surface area contributed by atoms with Crippen LogP contribution in [-0.2, 0) is 4.74 Å². The maximum Gasteiger partial charge on any atom is 0.348 e. The van der Waals surface area contributed by atoms with Gasteiger partial charge in [0.15, 0.2) is 0 Å². The zero-order valence-electron chi connectivity index (χ0n) is 10.7. The van der Waals surface area contributed by atoms with Crippen molar-refractivity contribution >= 4 is 27.5 Å². The second-order valence-corrected chi connectivity index (χ2v) is 5.33. The molecule has 0 aliphatic rings. The Labute approximate surface area is 108 Å². The van der Waals surface area contributed by atoms with Gasteiger partial charge in [-0.25, -0.2) is 9.78 Å². The summed E-state index contributed by atoms with van der Waals surface area (Å²) < 4.78 is 4.70. The van der Waals surface area contributed by atoms with E-state index in [0.717, 1.165) is 0 Å². The summed E-state index contributed by atoms with van der Waals surface area (Å²) in [6.45, 7) is 5.63. The predicted octanol–water partition coefficient (Wildman–Crippen LogP) is 2.20. The van der Waals surface area contributed by atoms with Gasteiger partial charge in [-0.3, -0.25) is 4.79 Å². The maximum atomic E-state index is 12.0. The molecule has 0 aromatic carbocycles. The van der Waals surface area contributed by atoms with Crippen LogP contribution in [0.5, 0.6) is 0 Å². The van der Waals surface area contributed by atoms with Gasteiger partial charge in [-0.1, -0.05) is 13.8 Å². The van der Waals surface area contributed by atoms with Crippen LogP contribution in [0.3, 0.4) is 0 Å². The minimum absolute atomic E-state index is 0.131. The normalized spacial score (nSPS) is 11.2. The first kappa shape index (κ1) is 12.8. The van der Waals surface area contributed by atoms with Crippen molar-refractivity contribution in [3.05, 3.63) is 26.6 Å². The van der Waals surface area contributed by atoms with Crippen molar-refractivity contribution in [2.45, 2.75) is 26.7 Å². The van der Waals surface area contributed by atoms with Gasteiger partial charge in [0.25, 0.3) is 5.56 Å². The molecule has 2 aromatic heterocycles. The molecule has 0 bridgehead atoms. The number of aromatic nitrogens is 2. The molecule has 18 heavy (non-hydrogen) atoms. The molecule has 2 aromatic rings. The number of aromatic amines is 1. The van der Waals surface area contributed by atoms with Gasteiger partial charge in [-0.15, -0.1) is 11.3 Å². The molecule has 0 aliphatic carbocycles. The highest BCUT2D eigenvalue weighted by molar-refractivity contribution is 7.20. The molecule has 0 saturated heterocycles. The number of rotatable bonds is 2. The molecule has 0 atom stereocenters. The number of fused-ring (bicyclic) bond motifs is 1. The Hall–Kier alpha value is -1.69. The Bertz CT molecular complexity index is 670. The number of aryl methyl sites for hydroxylation is 1. The van der Waals surface area contributed by atoms with Gasteiger partial charge < -0.3 is 9.72 Å². The fraction of sp³-hybridized carbons (Fsp3) is 0.417. The third-order valence-corrected chi connectivity index (χ3v) is 3.90. The predicted molar refractivity (Wildman–Crippen MR) is 70.4 cm³/mol. The van der Waals surface area contributed by atoms with E-state index in [9.17, 15) is 9.59 Å². The molecular formula is C12H14N2O3S. The number of hydrogen-bond acceptors (Lipinski definition) is 5. The molecule has 0 spiro atoms. The molecule has 96 valence electrons. The molecule has 0 aliphatic heterocycles. The van der Waals surface area contributed by atoms with Crippen LogP contribution in [0.25, 0.3) is 10.2 Å². The van der Waals surface area contributed by atoms with E-state index < -0.39 is 5.97 Å². The molecule has 6 heteroatoms. The zero-order chi connectivity index (χ0) is 13.4. The standard InChI is InChI=1S/C12H14N2O3S/c1-5(2)9-13-10(15)7-6(3)8(12(16)17-4)18-11(7)14-9/h5H,1-4H3,(H,13,14,15). The van der Waals surface area contributed by atoms with Crippen molar-refractivity contribution in [2.75, 3.05) is 7.11 Å². The molecule has 0 amide bonds. The van der Waals surface area contributed by atoms with Crippen molar-refractivity contribution in [2.24, 2.45) is 0 Å². The van der Waals surface area contributed by atoms with E-state index >= 15 is 0 Å². The number of H-pyrrole nitrogens is 1. The second kappa shape index (κ2) is 4.53. The van der Waals surface area contributed by atoms with Crippen LogP contribution < -0.4 is 5.56 Å². The van der Waals surface area contributed by atoms with Crippen LogP contribution in [0.4, 0.5) is 0 Å². The topological polar surface area (TPSA) is 72.0 Å². The Morgan fingerprint density at radius 3 is 2.67 bits per heavy atom. The Morgan fingerprint density at radius 1 is 1.44 bits per heavy atom. The number of ether oxygens (including phenoxy) is 1. The molecule has 5 nitrogen and oxygen atoms in total. The summed E-state index contributed by atoms with van der Waals surface area (Å²) in [5.41, 5.74) is 0.429. The van der Waals surface area contributed by atoms with Crippen LogP contribution in [0.2, 0.25) is 0 Å². The van der Waals surface area contributed by atoms with Gasteiger partial charge in [0.2, 0.25) is 0 Å². The smallest absolute Gasteiger partial charge is 0.348 e. The first-order valence-electron chi connectivity index (χ1n) is 5.57. The van der Waals surface area contributed by atoms with E-state index in [1.807, 2.05) is 13.8 Å². The van der Waals surface area contributed by atoms with Crippen LogP contribution >= 0.6 is 11.3 Å². The number of esters is 1. The van der Waals surface area contributed by atoms with Gasteiger partial charge in [0.05, 0.1) is 12.5 Å². The van der Waals surface area contributed by atoms with E-state index in [-0.39, 0.29) is 11.5 Å². The van der Waals surface area contributed by atoms with Gasteiger partial charge in [-0.2, -0.15) is 0 Å². The van der Waals surface area contributed by atoms with Crippen molar-refractivity contribution < 1.29 is 9.53 Å². The summed E-state index contributed by atoms with van der Waals surface area (Å²) >= 11 is 1.20. The SMILES string of the molecule is COC(=O)c1sc2nc(C(C)C)[nH]c(=O)c2c1C. The average Bonchev–Trinajstić information content (AvgIpc) is 2.66. The number of nitrogens with one attached hydrogen (secondary N) is 1. The summed E-state index contributed by atoms with van der Waals surface area (Å²) in [5.74, 6) is 0.331. The number of nitrogens with zero attached hydrogens (tertiary/aromatic N) is 1. The largest absolute Gasteiger partial charge is 0.465 e. The monoisotopic (exact) mass is 266 g/mol. The molecule has 0 fully saturated rings. The van der Waals surface area contributed by atoms with Crippen LogP contribution in [0.15, 0.2) is 4.79 Å². The summed E-state index contributed by atoms with van der Waals surface area (Å²) in [7, 11) is 1.32. The van der Waals surface area contributed by atoms with E-state index in [0.29, 0.717) is 26.5 Å². The molecular weight excluding hydrogens is 252 g/mol. The highest BCUT2D eigenvalue weighted by atomic mass is 32.1. The van der Waals surface area contributed by atoms with Crippen LogP contribution in [0.1, 0.15) is 40.8 Å². The van der Waals surface area contributed by atoms with Crippen molar-refractivity contribution in [3.8, 4) is 0 Å². The van der Waals surface area contributed by atoms with Gasteiger partial charge >= 0.3 is 5.97 Å². The van der Waals surface area contributed by atoms with Crippen molar-refractivity contribution in [1.82, 2.24) is 9.97 Å². The first-order chi connectivity index (χ1) is 8.45. The fourth-order valence-corrected chi connectivity index (χ4v) is 2.83. The third kappa shape index (κ3) is 1.92. The molecule has 0 radical (unpaired) electrons. The molecule has 0 unspecified atom stereocenters. The molecule has 2 heterocycles. The van der Waals surface area contributed by atoms with Crippen LogP contribution in [-0.4, -0.2) is 23.0 Å². The number of carbonyl (C=O) groups is 1. The quantitative estimate of drug-likeness (QED) is 0.846. The fourth-order valence-electron chi connectivity index (χ4n) is 1.72. The summed E-state index contributed by atoms with van der Waals surface area (Å²) in [6, 6.07) is 0. The lowest BCUT2D eigenvalue weighted by atomic mass is 10.2. The minimum Gasteiger partial charge on any atom is -0.465 e. The second-order valence-electron chi connectivity index (χ2n) is 4.33. The minimum atomic E-state index is -0.430. The number of thiophene rings is 1. The lowest BCUT2D eigenvalue weighted by Gasteiger charge is -2.02. The van der Waals surface area contributed by atoms with Gasteiger partial charge in [-0.05, 0) is 12.5 Å². The van der Waals surface area contributed by atoms with E-state index in [2.05, 4.69) is 9.97 Å². The number of hydrogen-bond donors (Lipinski definition) is 1. The Morgan fingerprint density at radius 2 is 2.11 bits per heavy atom. The van der Waals surface area contributed by atoms with Gasteiger partial charge in [0.1, 0.15) is 15.5 Å². The van der Waals surface area contributed by atoms with E-state index in [4.69, 9.17) is 4.74 Å². The summed E-state index contributed by atoms with van der Waals surface area (Å²) in [5, 5.41) is 0.477.